The number of hydrogen-bond acceptors (Lipinski definition) is 9. The van der Waals surface area contributed by atoms with Gasteiger partial charge in [0.05, 0.1) is 43.3 Å². The minimum Gasteiger partial charge on any atom is -0.483 e. The molecule has 0 aliphatic carbocycles. The van der Waals surface area contributed by atoms with Crippen LogP contribution in [0.5, 0.6) is 5.75 Å². The third kappa shape index (κ3) is 5.53. The number of rotatable bonds is 7. The summed E-state index contributed by atoms with van der Waals surface area (Å²) >= 11 is 0. The molecule has 35 heavy (non-hydrogen) atoms. The number of fused-ring (bicyclic) bond motifs is 1. The van der Waals surface area contributed by atoms with Crippen molar-refractivity contribution in [2.45, 2.75) is 25.2 Å². The number of ether oxygens (including phenoxy) is 4. The van der Waals surface area contributed by atoms with E-state index in [1.54, 1.807) is 24.6 Å². The second kappa shape index (κ2) is 9.65. The predicted octanol–water partition coefficient (Wildman–Crippen LogP) is 3.74. The van der Waals surface area contributed by atoms with Crippen LogP contribution >= 0.6 is 0 Å². The molecule has 0 saturated carbocycles. The van der Waals surface area contributed by atoms with Gasteiger partial charge in [-0.3, -0.25) is 0 Å². The lowest BCUT2D eigenvalue weighted by Gasteiger charge is -2.30. The summed E-state index contributed by atoms with van der Waals surface area (Å²) in [5.74, 6) is 0.435. The quantitative estimate of drug-likeness (QED) is 0.521. The number of nitrogens with zero attached hydrogens (tertiary/aromatic N) is 3. The fourth-order valence-corrected chi connectivity index (χ4v) is 4.67. The molecule has 2 saturated heterocycles. The number of aromatic nitrogens is 2. The molecule has 0 unspecified atom stereocenters. The number of hydrogen-bond donors (Lipinski definition) is 1. The lowest BCUT2D eigenvalue weighted by molar-refractivity contribution is -0.164. The Kier molecular flexibility index (Phi) is 6.58. The van der Waals surface area contributed by atoms with E-state index in [4.69, 9.17) is 18.9 Å². The second-order valence-corrected chi connectivity index (χ2v) is 11.5. The van der Waals surface area contributed by atoms with Crippen LogP contribution in [0.1, 0.15) is 5.56 Å². The van der Waals surface area contributed by atoms with E-state index in [1.807, 2.05) is 13.0 Å². The van der Waals surface area contributed by atoms with Gasteiger partial charge in [-0.15, -0.1) is 0 Å². The first kappa shape index (κ1) is 23.9. The molecule has 9 nitrogen and oxygen atoms in total. The van der Waals surface area contributed by atoms with E-state index in [-0.39, 0.29) is 18.3 Å². The summed E-state index contributed by atoms with van der Waals surface area (Å²) in [6, 6.07) is 7.90. The minimum atomic E-state index is -2.32. The summed E-state index contributed by atoms with van der Waals surface area (Å²) in [6.45, 7) is 3.77. The van der Waals surface area contributed by atoms with Gasteiger partial charge in [-0.05, 0) is 36.8 Å². The molecular formula is C24H27FN4O5S. The molecule has 0 radical (unpaired) electrons. The molecule has 11 heteroatoms. The van der Waals surface area contributed by atoms with Gasteiger partial charge >= 0.3 is 0 Å². The van der Waals surface area contributed by atoms with Gasteiger partial charge in [0.15, 0.2) is 6.10 Å². The molecule has 186 valence electrons. The summed E-state index contributed by atoms with van der Waals surface area (Å²) in [5.41, 5.74) is 2.64. The average molecular weight is 503 g/mol. The van der Waals surface area contributed by atoms with Gasteiger partial charge in [0.25, 0.3) is 0 Å². The maximum atomic E-state index is 14.2. The van der Waals surface area contributed by atoms with Gasteiger partial charge < -0.3 is 24.3 Å². The molecule has 1 N–H and O–H groups in total. The summed E-state index contributed by atoms with van der Waals surface area (Å²) in [6.07, 6.45) is 3.98. The highest BCUT2D eigenvalue weighted by Crippen LogP contribution is 2.35. The van der Waals surface area contributed by atoms with Crippen LogP contribution in [0.3, 0.4) is 0 Å². The van der Waals surface area contributed by atoms with Gasteiger partial charge in [0.2, 0.25) is 0 Å². The van der Waals surface area contributed by atoms with E-state index in [0.29, 0.717) is 54.9 Å². The van der Waals surface area contributed by atoms with Crippen LogP contribution in [0.2, 0.25) is 0 Å². The van der Waals surface area contributed by atoms with Crippen LogP contribution in [-0.2, 0) is 23.9 Å². The summed E-state index contributed by atoms with van der Waals surface area (Å²) in [5, 5.41) is 4.05. The highest BCUT2D eigenvalue weighted by molar-refractivity contribution is 7.92. The Morgan fingerprint density at radius 3 is 2.60 bits per heavy atom. The molecule has 2 aliphatic heterocycles. The van der Waals surface area contributed by atoms with Crippen LogP contribution in [0, 0.1) is 12.7 Å². The minimum absolute atomic E-state index is 0.0266. The Labute approximate surface area is 203 Å². The summed E-state index contributed by atoms with van der Waals surface area (Å²) < 4.78 is 53.5. The first-order chi connectivity index (χ1) is 16.7. The molecule has 1 aromatic heterocycles. The zero-order chi connectivity index (χ0) is 24.6. The fraction of sp³-hybridized carbons (Fsp3) is 0.417. The van der Waals surface area contributed by atoms with Crippen LogP contribution in [0.4, 0.5) is 21.6 Å². The molecule has 0 spiro atoms. The van der Waals surface area contributed by atoms with Crippen molar-refractivity contribution in [3.63, 3.8) is 0 Å². The number of nitrogens with one attached hydrogen (secondary N) is 1. The second-order valence-electron chi connectivity index (χ2n) is 8.94. The zero-order valence-electron chi connectivity index (χ0n) is 19.7. The largest absolute Gasteiger partial charge is 0.483 e. The van der Waals surface area contributed by atoms with E-state index in [1.165, 1.54) is 18.5 Å². The molecular weight excluding hydrogens is 475 g/mol. The molecule has 3 aromatic rings. The molecule has 2 aromatic carbocycles. The van der Waals surface area contributed by atoms with Crippen LogP contribution in [0.15, 0.2) is 41.0 Å². The summed E-state index contributed by atoms with van der Waals surface area (Å²) in [7, 11) is -2.32. The number of halogens is 1. The van der Waals surface area contributed by atoms with Crippen molar-refractivity contribution in [1.29, 1.82) is 0 Å². The normalized spacial score (nSPS) is 20.6. The van der Waals surface area contributed by atoms with Gasteiger partial charge in [0.1, 0.15) is 35.9 Å². The molecule has 2 atom stereocenters. The van der Waals surface area contributed by atoms with E-state index in [9.17, 15) is 8.60 Å². The van der Waals surface area contributed by atoms with E-state index >= 15 is 0 Å². The highest BCUT2D eigenvalue weighted by Gasteiger charge is 2.35. The van der Waals surface area contributed by atoms with E-state index in [0.717, 1.165) is 10.9 Å². The predicted molar refractivity (Wildman–Crippen MR) is 131 cm³/mol. The van der Waals surface area contributed by atoms with Gasteiger partial charge in [-0.2, -0.15) is 4.36 Å². The van der Waals surface area contributed by atoms with E-state index in [2.05, 4.69) is 19.6 Å². The lowest BCUT2D eigenvalue weighted by Crippen LogP contribution is -2.43. The maximum Gasteiger partial charge on any atom is 0.150 e. The molecule has 0 amide bonds. The van der Waals surface area contributed by atoms with Crippen LogP contribution < -0.4 is 10.1 Å². The van der Waals surface area contributed by atoms with Crippen molar-refractivity contribution in [2.24, 2.45) is 4.36 Å². The van der Waals surface area contributed by atoms with Crippen molar-refractivity contribution in [3.05, 3.63) is 48.0 Å². The van der Waals surface area contributed by atoms with Crippen molar-refractivity contribution in [1.82, 2.24) is 9.97 Å². The molecule has 3 heterocycles. The third-order valence-electron chi connectivity index (χ3n) is 5.67. The maximum absolute atomic E-state index is 14.2. The first-order valence-corrected chi connectivity index (χ1v) is 13.5. The van der Waals surface area contributed by atoms with Crippen molar-refractivity contribution in [2.75, 3.05) is 44.3 Å². The Balaban J connectivity index is 1.44. The van der Waals surface area contributed by atoms with Gasteiger partial charge in [0, 0.05) is 33.7 Å². The van der Waals surface area contributed by atoms with Crippen molar-refractivity contribution in [3.8, 4) is 5.75 Å². The Bertz CT molecular complexity index is 1370. The third-order valence-corrected chi connectivity index (χ3v) is 6.32. The van der Waals surface area contributed by atoms with Gasteiger partial charge in [-0.1, -0.05) is 0 Å². The number of aryl methyl sites for hydroxylation is 1. The van der Waals surface area contributed by atoms with Crippen molar-refractivity contribution >= 4 is 37.8 Å². The SMILES string of the molecule is Cc1cc(N=S(C)(C)=O)cc2ncnc(Nc3ccc(F)cc3O[C@H]3COC[C@H]3OC3COC3)c12. The monoisotopic (exact) mass is 502 g/mol. The molecule has 2 aliphatic rings. The smallest absolute Gasteiger partial charge is 0.150 e. The molecule has 5 rings (SSSR count). The van der Waals surface area contributed by atoms with Crippen LogP contribution in [-0.4, -0.2) is 71.4 Å². The summed E-state index contributed by atoms with van der Waals surface area (Å²) in [4.78, 5) is 8.78. The topological polar surface area (TPSA) is 104 Å². The lowest BCUT2D eigenvalue weighted by atomic mass is 10.1. The Hall–Kier alpha value is -2.86. The molecule has 0 bridgehead atoms. The number of benzene rings is 2. The molecule has 2 fully saturated rings. The Morgan fingerprint density at radius 1 is 1.09 bits per heavy atom. The Morgan fingerprint density at radius 2 is 1.86 bits per heavy atom. The van der Waals surface area contributed by atoms with Crippen LogP contribution in [0.25, 0.3) is 10.9 Å². The highest BCUT2D eigenvalue weighted by atomic mass is 32.2. The zero-order valence-corrected chi connectivity index (χ0v) is 20.5. The standard InChI is InChI=1S/C24H27FN4O5S/c1-14-6-16(29-35(2,3)30)8-19-23(14)24(27-13-26-19)28-18-5-4-15(25)7-20(18)34-22-12-32-11-21(22)33-17-9-31-10-17/h4-8,13,17,21-22H,9-12H2,1-3H3,(H,26,27,28)/t21-,22+/m1/s1. The van der Waals surface area contributed by atoms with E-state index < -0.39 is 15.5 Å². The fourth-order valence-electron chi connectivity index (χ4n) is 4.05. The van der Waals surface area contributed by atoms with Gasteiger partial charge in [-0.25, -0.2) is 18.6 Å². The number of anilines is 2. The van der Waals surface area contributed by atoms with Crippen molar-refractivity contribution < 1.29 is 27.5 Å². The average Bonchev–Trinajstić information content (AvgIpc) is 3.18. The first-order valence-electron chi connectivity index (χ1n) is 11.2.